The molecule has 2 atom stereocenters. The molecular weight excluding hydrogens is 319 g/mol. The monoisotopic (exact) mass is 336 g/mol. The number of sulfonamides is 1. The molecule has 23 heavy (non-hydrogen) atoms. The smallest absolute Gasteiger partial charge is 0.207 e. The molecule has 2 aliphatic heterocycles. The lowest BCUT2D eigenvalue weighted by Gasteiger charge is -2.37. The molecule has 122 valence electrons. The van der Waals surface area contributed by atoms with E-state index in [2.05, 4.69) is 10.2 Å². The Balaban J connectivity index is 1.66. The average Bonchev–Trinajstić information content (AvgIpc) is 3.15. The number of nitrogens with zero attached hydrogens (tertiary/aromatic N) is 4. The van der Waals surface area contributed by atoms with Gasteiger partial charge >= 0.3 is 0 Å². The Morgan fingerprint density at radius 3 is 2.22 bits per heavy atom. The molecule has 2 aromatic rings. The van der Waals surface area contributed by atoms with Gasteiger partial charge < -0.3 is 0 Å². The lowest BCUT2D eigenvalue weighted by atomic mass is 10.0. The van der Waals surface area contributed by atoms with Crippen molar-refractivity contribution in [2.24, 2.45) is 0 Å². The minimum atomic E-state index is -3.81. The zero-order valence-electron chi connectivity index (χ0n) is 12.4. The van der Waals surface area contributed by atoms with E-state index in [4.69, 9.17) is 0 Å². The number of hydrogen-bond acceptors (Lipinski definition) is 4. The molecule has 3 heterocycles. The maximum Gasteiger partial charge on any atom is 0.246 e. The van der Waals surface area contributed by atoms with Crippen molar-refractivity contribution in [3.8, 4) is 0 Å². The number of hydrogen-bond donors (Lipinski definition) is 0. The predicted octanol–water partition coefficient (Wildman–Crippen LogP) is 1.97. The number of halogens is 1. The van der Waals surface area contributed by atoms with E-state index in [1.54, 1.807) is 23.3 Å². The molecule has 0 aliphatic carbocycles. The lowest BCUT2D eigenvalue weighted by Crippen LogP contribution is -2.47. The fraction of sp³-hybridized carbons (Fsp3) is 0.467. The van der Waals surface area contributed by atoms with Crippen molar-refractivity contribution < 1.29 is 12.8 Å². The summed E-state index contributed by atoms with van der Waals surface area (Å²) in [6, 6.07) is 5.45. The summed E-state index contributed by atoms with van der Waals surface area (Å²) in [4.78, 5) is 1.44. The predicted molar refractivity (Wildman–Crippen MR) is 80.5 cm³/mol. The molecule has 2 aliphatic rings. The van der Waals surface area contributed by atoms with Crippen LogP contribution in [0.1, 0.15) is 31.7 Å². The molecular formula is C15H17FN4O2S. The van der Waals surface area contributed by atoms with Gasteiger partial charge in [-0.15, -0.1) is 0 Å². The van der Waals surface area contributed by atoms with Crippen molar-refractivity contribution in [3.63, 3.8) is 0 Å². The van der Waals surface area contributed by atoms with Gasteiger partial charge in [-0.3, -0.25) is 0 Å². The summed E-state index contributed by atoms with van der Waals surface area (Å²) in [5.74, 6) is -0.692. The van der Waals surface area contributed by atoms with Crippen LogP contribution in [0.3, 0.4) is 0 Å². The maximum atomic E-state index is 14.0. The lowest BCUT2D eigenvalue weighted by molar-refractivity contribution is 0.174. The van der Waals surface area contributed by atoms with E-state index in [1.807, 2.05) is 0 Å². The third-order valence-electron chi connectivity index (χ3n) is 4.80. The van der Waals surface area contributed by atoms with Crippen molar-refractivity contribution in [1.29, 1.82) is 0 Å². The van der Waals surface area contributed by atoms with E-state index in [0.717, 1.165) is 12.8 Å². The van der Waals surface area contributed by atoms with Gasteiger partial charge in [0.15, 0.2) is 0 Å². The van der Waals surface area contributed by atoms with Gasteiger partial charge in [-0.2, -0.15) is 19.3 Å². The average molecular weight is 336 g/mol. The highest BCUT2D eigenvalue weighted by atomic mass is 32.2. The second kappa shape index (κ2) is 5.38. The van der Waals surface area contributed by atoms with E-state index in [1.165, 1.54) is 22.5 Å². The molecule has 1 aromatic carbocycles. The maximum absolute atomic E-state index is 14.0. The van der Waals surface area contributed by atoms with E-state index < -0.39 is 15.8 Å². The zero-order valence-corrected chi connectivity index (χ0v) is 13.2. The summed E-state index contributed by atoms with van der Waals surface area (Å²) in [7, 11) is -3.81. The summed E-state index contributed by atoms with van der Waals surface area (Å²) in [6.45, 7) is 0. The van der Waals surface area contributed by atoms with Crippen LogP contribution in [-0.2, 0) is 10.0 Å². The Morgan fingerprint density at radius 2 is 1.61 bits per heavy atom. The number of fused-ring (bicyclic) bond motifs is 2. The standard InChI is InChI=1S/C15H17FN4O2S/c16-14-3-1-2-4-15(14)23(21,22)19-11-5-6-12(19)10-13(9-11)20-17-7-8-18-20/h1-4,7-8,11-13H,5-6,9-10H2/t11-,12-/m0/s1. The second-order valence-corrected chi connectivity index (χ2v) is 7.94. The summed E-state index contributed by atoms with van der Waals surface area (Å²) in [5.41, 5.74) is 0. The largest absolute Gasteiger partial charge is 0.246 e. The first-order chi connectivity index (χ1) is 11.1. The van der Waals surface area contributed by atoms with Gasteiger partial charge in [-0.05, 0) is 37.8 Å². The van der Waals surface area contributed by atoms with Gasteiger partial charge in [0, 0.05) is 12.1 Å². The van der Waals surface area contributed by atoms with Gasteiger partial charge in [-0.25, -0.2) is 12.8 Å². The molecule has 0 saturated carbocycles. The molecule has 2 bridgehead atoms. The molecule has 0 radical (unpaired) electrons. The number of piperidine rings is 1. The van der Waals surface area contributed by atoms with Crippen LogP contribution >= 0.6 is 0 Å². The summed E-state index contributed by atoms with van der Waals surface area (Å²) in [5, 5.41) is 8.35. The molecule has 8 heteroatoms. The summed E-state index contributed by atoms with van der Waals surface area (Å²) < 4.78 is 41.3. The van der Waals surface area contributed by atoms with Gasteiger partial charge in [0.05, 0.1) is 18.4 Å². The SMILES string of the molecule is O=S(=O)(c1ccccc1F)N1[C@H]2CC[C@H]1CC(n1nccn1)C2. The molecule has 6 nitrogen and oxygen atoms in total. The van der Waals surface area contributed by atoms with Crippen molar-refractivity contribution in [2.45, 2.75) is 48.7 Å². The van der Waals surface area contributed by atoms with Gasteiger partial charge in [0.1, 0.15) is 10.7 Å². The van der Waals surface area contributed by atoms with Crippen LogP contribution in [0, 0.1) is 5.82 Å². The minimum absolute atomic E-state index is 0.106. The molecule has 0 N–H and O–H groups in total. The highest BCUT2D eigenvalue weighted by Crippen LogP contribution is 2.43. The van der Waals surface area contributed by atoms with Crippen LogP contribution in [-0.4, -0.2) is 39.8 Å². The normalized spacial score (nSPS) is 28.1. The third-order valence-corrected chi connectivity index (χ3v) is 6.83. The van der Waals surface area contributed by atoms with Gasteiger partial charge in [0.2, 0.25) is 10.0 Å². The van der Waals surface area contributed by atoms with E-state index in [0.29, 0.717) is 12.8 Å². The van der Waals surface area contributed by atoms with Crippen LogP contribution in [0.4, 0.5) is 4.39 Å². The Hall–Kier alpha value is -1.80. The van der Waals surface area contributed by atoms with E-state index in [9.17, 15) is 12.8 Å². The van der Waals surface area contributed by atoms with Crippen molar-refractivity contribution in [3.05, 3.63) is 42.5 Å². The van der Waals surface area contributed by atoms with Crippen LogP contribution < -0.4 is 0 Å². The first-order valence-corrected chi connectivity index (χ1v) is 9.15. The summed E-state index contributed by atoms with van der Waals surface area (Å²) in [6.07, 6.45) is 6.19. The van der Waals surface area contributed by atoms with Crippen LogP contribution in [0.25, 0.3) is 0 Å². The minimum Gasteiger partial charge on any atom is -0.207 e. The molecule has 2 saturated heterocycles. The topological polar surface area (TPSA) is 68.1 Å². The Kier molecular flexibility index (Phi) is 3.46. The summed E-state index contributed by atoms with van der Waals surface area (Å²) >= 11 is 0. The molecule has 4 rings (SSSR count). The third kappa shape index (κ3) is 2.36. The molecule has 0 spiro atoms. The first kappa shape index (κ1) is 14.8. The Bertz CT molecular complexity index is 795. The molecule has 1 aromatic heterocycles. The van der Waals surface area contributed by atoms with E-state index >= 15 is 0 Å². The Labute approximate surface area is 134 Å². The van der Waals surface area contributed by atoms with Crippen LogP contribution in [0.15, 0.2) is 41.6 Å². The molecule has 2 fully saturated rings. The molecule has 0 unspecified atom stereocenters. The quantitative estimate of drug-likeness (QED) is 0.859. The van der Waals surface area contributed by atoms with Crippen molar-refractivity contribution >= 4 is 10.0 Å². The van der Waals surface area contributed by atoms with E-state index in [-0.39, 0.29) is 23.0 Å². The second-order valence-electron chi connectivity index (χ2n) is 6.13. The van der Waals surface area contributed by atoms with Crippen molar-refractivity contribution in [1.82, 2.24) is 19.3 Å². The van der Waals surface area contributed by atoms with Crippen LogP contribution in [0.5, 0.6) is 0 Å². The van der Waals surface area contributed by atoms with Gasteiger partial charge in [-0.1, -0.05) is 12.1 Å². The van der Waals surface area contributed by atoms with Gasteiger partial charge in [0.25, 0.3) is 0 Å². The zero-order chi connectivity index (χ0) is 16.0. The van der Waals surface area contributed by atoms with Crippen molar-refractivity contribution in [2.75, 3.05) is 0 Å². The first-order valence-electron chi connectivity index (χ1n) is 7.71. The number of rotatable bonds is 3. The fourth-order valence-corrected chi connectivity index (χ4v) is 5.83. The highest BCUT2D eigenvalue weighted by Gasteiger charge is 2.48. The highest BCUT2D eigenvalue weighted by molar-refractivity contribution is 7.89. The fourth-order valence-electron chi connectivity index (χ4n) is 3.87. The Morgan fingerprint density at radius 1 is 1.00 bits per heavy atom. The molecule has 0 amide bonds. The number of aromatic nitrogens is 3. The number of benzene rings is 1. The van der Waals surface area contributed by atoms with Crippen LogP contribution in [0.2, 0.25) is 0 Å².